The zero-order valence-corrected chi connectivity index (χ0v) is 18.2. The molecule has 0 spiro atoms. The molecule has 0 aliphatic heterocycles. The number of para-hydroxylation sites is 1. The van der Waals surface area contributed by atoms with Crippen molar-refractivity contribution in [1.82, 2.24) is 19.7 Å². The highest BCUT2D eigenvalue weighted by Crippen LogP contribution is 2.24. The Hall–Kier alpha value is -2.39. The van der Waals surface area contributed by atoms with Gasteiger partial charge in [0.05, 0.1) is 11.4 Å². The summed E-state index contributed by atoms with van der Waals surface area (Å²) in [4.78, 5) is 17.6. The lowest BCUT2D eigenvalue weighted by molar-refractivity contribution is -0.113. The van der Waals surface area contributed by atoms with Crippen molar-refractivity contribution in [3.05, 3.63) is 45.7 Å². The van der Waals surface area contributed by atoms with Crippen molar-refractivity contribution in [3.63, 3.8) is 0 Å². The number of anilines is 1. The number of thioether (sulfide) groups is 1. The van der Waals surface area contributed by atoms with Crippen LogP contribution in [0.5, 0.6) is 5.75 Å². The van der Waals surface area contributed by atoms with Crippen LogP contribution in [-0.2, 0) is 18.4 Å². The van der Waals surface area contributed by atoms with Crippen molar-refractivity contribution < 1.29 is 9.53 Å². The Balaban J connectivity index is 1.56. The van der Waals surface area contributed by atoms with E-state index < -0.39 is 0 Å². The molecule has 3 aromatic rings. The number of nitrogens with zero attached hydrogens (tertiary/aromatic N) is 4. The van der Waals surface area contributed by atoms with E-state index >= 15 is 0 Å². The Morgan fingerprint density at radius 3 is 2.57 bits per heavy atom. The van der Waals surface area contributed by atoms with Crippen molar-refractivity contribution in [2.75, 3.05) is 11.1 Å². The molecule has 3 rings (SSSR count). The molecule has 0 atom stereocenters. The van der Waals surface area contributed by atoms with E-state index in [1.165, 1.54) is 23.1 Å². The highest BCUT2D eigenvalue weighted by atomic mass is 32.2. The summed E-state index contributed by atoms with van der Waals surface area (Å²) in [5.41, 5.74) is 3.11. The molecule has 0 bridgehead atoms. The van der Waals surface area contributed by atoms with E-state index in [-0.39, 0.29) is 11.7 Å². The van der Waals surface area contributed by atoms with Crippen molar-refractivity contribution in [2.45, 2.75) is 39.5 Å². The van der Waals surface area contributed by atoms with E-state index in [0.717, 1.165) is 27.4 Å². The molecule has 0 unspecified atom stereocenters. The number of hydrogen-bond donors (Lipinski definition) is 1. The monoisotopic (exact) mass is 417 g/mol. The Kier molecular flexibility index (Phi) is 6.35. The van der Waals surface area contributed by atoms with Crippen LogP contribution in [0.25, 0.3) is 0 Å². The standard InChI is InChI=1S/C19H23N5O2S2/c1-11-7-6-8-12(2)17(11)26-9-15-22-23-19(24(15)5)27-10-16(25)21-18-20-13(3)14(4)28-18/h6-8H,9-10H2,1-5H3,(H,20,21,25). The molecule has 0 radical (unpaired) electrons. The lowest BCUT2D eigenvalue weighted by Crippen LogP contribution is -2.14. The number of aryl methyl sites for hydroxylation is 4. The molecule has 1 amide bonds. The molecule has 1 aromatic carbocycles. The van der Waals surface area contributed by atoms with E-state index in [1.807, 2.05) is 57.5 Å². The van der Waals surface area contributed by atoms with Gasteiger partial charge in [0, 0.05) is 11.9 Å². The number of ether oxygens (including phenoxy) is 1. The van der Waals surface area contributed by atoms with Crippen molar-refractivity contribution in [1.29, 1.82) is 0 Å². The molecular weight excluding hydrogens is 394 g/mol. The van der Waals surface area contributed by atoms with Gasteiger partial charge in [-0.1, -0.05) is 30.0 Å². The smallest absolute Gasteiger partial charge is 0.236 e. The van der Waals surface area contributed by atoms with E-state index in [2.05, 4.69) is 20.5 Å². The molecule has 2 heterocycles. The van der Waals surface area contributed by atoms with E-state index in [1.54, 1.807) is 0 Å². The lowest BCUT2D eigenvalue weighted by Gasteiger charge is -2.11. The van der Waals surface area contributed by atoms with Gasteiger partial charge in [0.2, 0.25) is 5.91 Å². The molecule has 0 aliphatic carbocycles. The van der Waals surface area contributed by atoms with Gasteiger partial charge in [0.25, 0.3) is 0 Å². The third kappa shape index (κ3) is 4.71. The molecule has 0 saturated carbocycles. The van der Waals surface area contributed by atoms with Crippen LogP contribution in [0.15, 0.2) is 23.4 Å². The van der Waals surface area contributed by atoms with Gasteiger partial charge in [-0.3, -0.25) is 4.79 Å². The van der Waals surface area contributed by atoms with Crippen molar-refractivity contribution in [2.24, 2.45) is 7.05 Å². The zero-order valence-electron chi connectivity index (χ0n) is 16.6. The van der Waals surface area contributed by atoms with Gasteiger partial charge in [-0.25, -0.2) is 4.98 Å². The Morgan fingerprint density at radius 1 is 1.21 bits per heavy atom. The second-order valence-corrected chi connectivity index (χ2v) is 8.61. The Labute approximate surface area is 172 Å². The minimum Gasteiger partial charge on any atom is -0.485 e. The number of nitrogens with one attached hydrogen (secondary N) is 1. The highest BCUT2D eigenvalue weighted by molar-refractivity contribution is 7.99. The quantitative estimate of drug-likeness (QED) is 0.589. The van der Waals surface area contributed by atoms with Crippen LogP contribution in [0.1, 0.15) is 27.5 Å². The SMILES string of the molecule is Cc1cccc(C)c1OCc1nnc(SCC(=O)Nc2nc(C)c(C)s2)n1C. The fraction of sp³-hybridized carbons (Fsp3) is 0.368. The van der Waals surface area contributed by atoms with Crippen LogP contribution in [0, 0.1) is 27.7 Å². The van der Waals surface area contributed by atoms with Gasteiger partial charge < -0.3 is 14.6 Å². The number of benzene rings is 1. The van der Waals surface area contributed by atoms with Crippen molar-refractivity contribution in [3.8, 4) is 5.75 Å². The van der Waals surface area contributed by atoms with E-state index in [9.17, 15) is 4.79 Å². The van der Waals surface area contributed by atoms with Gasteiger partial charge in [-0.05, 0) is 38.8 Å². The molecule has 9 heteroatoms. The maximum absolute atomic E-state index is 12.2. The highest BCUT2D eigenvalue weighted by Gasteiger charge is 2.14. The average molecular weight is 418 g/mol. The first-order valence-corrected chi connectivity index (χ1v) is 10.6. The number of hydrogen-bond acceptors (Lipinski definition) is 7. The first-order chi connectivity index (χ1) is 13.3. The minimum atomic E-state index is -0.116. The molecule has 0 saturated heterocycles. The summed E-state index contributed by atoms with van der Waals surface area (Å²) >= 11 is 2.81. The van der Waals surface area contributed by atoms with Crippen LogP contribution in [0.3, 0.4) is 0 Å². The summed E-state index contributed by atoms with van der Waals surface area (Å²) < 4.78 is 7.80. The predicted molar refractivity (Wildman–Crippen MR) is 112 cm³/mol. The summed E-state index contributed by atoms with van der Waals surface area (Å²) in [6, 6.07) is 6.04. The van der Waals surface area contributed by atoms with Gasteiger partial charge in [-0.15, -0.1) is 21.5 Å². The predicted octanol–water partition coefficient (Wildman–Crippen LogP) is 3.82. The summed E-state index contributed by atoms with van der Waals surface area (Å²) in [5, 5.41) is 12.5. The number of carbonyl (C=O) groups is 1. The van der Waals surface area contributed by atoms with Gasteiger partial charge >= 0.3 is 0 Å². The third-order valence-corrected chi connectivity index (χ3v) is 6.30. The molecule has 1 N–H and O–H groups in total. The van der Waals surface area contributed by atoms with Gasteiger partial charge in [-0.2, -0.15) is 0 Å². The number of rotatable bonds is 7. The average Bonchev–Trinajstić information content (AvgIpc) is 3.14. The Morgan fingerprint density at radius 2 is 1.93 bits per heavy atom. The summed E-state index contributed by atoms with van der Waals surface area (Å²) in [6.45, 7) is 8.27. The molecule has 148 valence electrons. The fourth-order valence-corrected chi connectivity index (χ4v) is 4.13. The van der Waals surface area contributed by atoms with Gasteiger partial charge in [0.15, 0.2) is 16.1 Å². The summed E-state index contributed by atoms with van der Waals surface area (Å²) in [6.07, 6.45) is 0. The number of amides is 1. The topological polar surface area (TPSA) is 81.9 Å². The number of thiazole rings is 1. The van der Waals surface area contributed by atoms with Crippen LogP contribution < -0.4 is 10.1 Å². The third-order valence-electron chi connectivity index (χ3n) is 4.29. The van der Waals surface area contributed by atoms with E-state index in [4.69, 9.17) is 4.74 Å². The summed E-state index contributed by atoms with van der Waals surface area (Å²) in [5.74, 6) is 1.70. The van der Waals surface area contributed by atoms with Crippen LogP contribution >= 0.6 is 23.1 Å². The number of carbonyl (C=O) groups excluding carboxylic acids is 1. The Bertz CT molecular complexity index is 957. The molecule has 7 nitrogen and oxygen atoms in total. The molecule has 28 heavy (non-hydrogen) atoms. The molecular formula is C19H23N5O2S2. The number of aromatic nitrogens is 4. The van der Waals surface area contributed by atoms with Gasteiger partial charge in [0.1, 0.15) is 12.4 Å². The first-order valence-electron chi connectivity index (χ1n) is 8.79. The largest absolute Gasteiger partial charge is 0.485 e. The minimum absolute atomic E-state index is 0.116. The molecule has 0 fully saturated rings. The second-order valence-electron chi connectivity index (χ2n) is 6.46. The first kappa shape index (κ1) is 20.3. The van der Waals surface area contributed by atoms with E-state index in [0.29, 0.717) is 22.7 Å². The summed E-state index contributed by atoms with van der Waals surface area (Å²) in [7, 11) is 1.87. The van der Waals surface area contributed by atoms with Crippen LogP contribution in [0.4, 0.5) is 5.13 Å². The lowest BCUT2D eigenvalue weighted by atomic mass is 10.1. The molecule has 2 aromatic heterocycles. The maximum atomic E-state index is 12.2. The maximum Gasteiger partial charge on any atom is 0.236 e. The van der Waals surface area contributed by atoms with Crippen molar-refractivity contribution >= 4 is 34.1 Å². The van der Waals surface area contributed by atoms with Crippen LogP contribution in [0.2, 0.25) is 0 Å². The normalized spacial score (nSPS) is 10.9. The zero-order chi connectivity index (χ0) is 20.3. The van der Waals surface area contributed by atoms with Crippen LogP contribution in [-0.4, -0.2) is 31.4 Å². The second kappa shape index (κ2) is 8.74. The molecule has 0 aliphatic rings. The fourth-order valence-electron chi connectivity index (χ4n) is 2.57.